The van der Waals surface area contributed by atoms with Crippen molar-refractivity contribution in [3.63, 3.8) is 0 Å². The molecule has 7 heteroatoms. The predicted octanol–water partition coefficient (Wildman–Crippen LogP) is 3.69. The maximum atomic E-state index is 12.3. The van der Waals surface area contributed by atoms with E-state index in [1.807, 2.05) is 0 Å². The number of aryl methyl sites for hydroxylation is 2. The molecule has 2 aromatic rings. The molecule has 1 heterocycles. The number of carbonyl (C=O) groups is 1. The summed E-state index contributed by atoms with van der Waals surface area (Å²) in [5.74, 6) is 1.63. The molecule has 1 aromatic heterocycles. The zero-order chi connectivity index (χ0) is 20.5. The van der Waals surface area contributed by atoms with Crippen molar-refractivity contribution < 1.29 is 19.0 Å². The van der Waals surface area contributed by atoms with Gasteiger partial charge in [-0.3, -0.25) is 9.59 Å². The number of carbonyl (C=O) groups excluding carboxylic acids is 1. The third kappa shape index (κ3) is 5.47. The van der Waals surface area contributed by atoms with Gasteiger partial charge in [-0.15, -0.1) is 0 Å². The number of benzene rings is 1. The van der Waals surface area contributed by atoms with Crippen LogP contribution in [0.5, 0.6) is 11.5 Å². The number of esters is 1. The van der Waals surface area contributed by atoms with Crippen LogP contribution < -0.4 is 15.0 Å². The van der Waals surface area contributed by atoms with E-state index in [1.54, 1.807) is 27.2 Å². The maximum absolute atomic E-state index is 12.3. The number of fused-ring (bicyclic) bond motifs is 1. The van der Waals surface area contributed by atoms with Gasteiger partial charge in [-0.1, -0.05) is 25.7 Å². The van der Waals surface area contributed by atoms with Crippen LogP contribution in [0.15, 0.2) is 10.9 Å². The SMILES string of the molecule is COC(=O)CCCCCCCCc1c(OC)c(OC)cc2c(=O)[nH]c(C)nc12. The van der Waals surface area contributed by atoms with Crippen molar-refractivity contribution in [2.24, 2.45) is 0 Å². The van der Waals surface area contributed by atoms with E-state index in [0.29, 0.717) is 34.6 Å². The van der Waals surface area contributed by atoms with Crippen LogP contribution in [-0.4, -0.2) is 37.3 Å². The normalized spacial score (nSPS) is 10.9. The summed E-state index contributed by atoms with van der Waals surface area (Å²) in [6.07, 6.45) is 7.34. The standard InChI is InChI=1S/C21H30N2O5/c1-14-22-19-15(11-9-7-5-6-8-10-12-18(24)27-3)20(28-4)17(26-2)13-16(19)21(25)23-14/h13H,5-12H2,1-4H3,(H,22,23,25). The highest BCUT2D eigenvalue weighted by atomic mass is 16.5. The third-order valence-electron chi connectivity index (χ3n) is 4.84. The Labute approximate surface area is 165 Å². The quantitative estimate of drug-likeness (QED) is 0.465. The molecule has 0 atom stereocenters. The second-order valence-corrected chi connectivity index (χ2v) is 6.84. The van der Waals surface area contributed by atoms with Crippen molar-refractivity contribution in [3.05, 3.63) is 27.8 Å². The summed E-state index contributed by atoms with van der Waals surface area (Å²) in [6.45, 7) is 1.77. The van der Waals surface area contributed by atoms with Gasteiger partial charge in [0.25, 0.3) is 5.56 Å². The highest BCUT2D eigenvalue weighted by Gasteiger charge is 2.18. The number of aromatic amines is 1. The smallest absolute Gasteiger partial charge is 0.305 e. The summed E-state index contributed by atoms with van der Waals surface area (Å²) in [5, 5.41) is 0.515. The first-order chi connectivity index (χ1) is 13.5. The first-order valence-corrected chi connectivity index (χ1v) is 9.73. The lowest BCUT2D eigenvalue weighted by atomic mass is 10.0. The van der Waals surface area contributed by atoms with Gasteiger partial charge >= 0.3 is 5.97 Å². The number of unbranched alkanes of at least 4 members (excludes halogenated alkanes) is 5. The Morgan fingerprint density at radius 2 is 1.71 bits per heavy atom. The molecule has 154 valence electrons. The minimum Gasteiger partial charge on any atom is -0.493 e. The van der Waals surface area contributed by atoms with Crippen molar-refractivity contribution in [2.45, 2.75) is 58.3 Å². The van der Waals surface area contributed by atoms with Crippen LogP contribution in [0.3, 0.4) is 0 Å². The Morgan fingerprint density at radius 1 is 1.04 bits per heavy atom. The Balaban J connectivity index is 2.03. The number of hydrogen-bond donors (Lipinski definition) is 1. The maximum Gasteiger partial charge on any atom is 0.305 e. The lowest BCUT2D eigenvalue weighted by molar-refractivity contribution is -0.140. The zero-order valence-corrected chi connectivity index (χ0v) is 17.2. The van der Waals surface area contributed by atoms with Crippen molar-refractivity contribution in [1.82, 2.24) is 9.97 Å². The first kappa shape index (κ1) is 21.7. The number of methoxy groups -OCH3 is 3. The molecule has 0 aliphatic rings. The topological polar surface area (TPSA) is 90.5 Å². The fourth-order valence-corrected chi connectivity index (χ4v) is 3.40. The molecule has 0 bridgehead atoms. The summed E-state index contributed by atoms with van der Waals surface area (Å²) >= 11 is 0. The van der Waals surface area contributed by atoms with Crippen LogP contribution in [0.2, 0.25) is 0 Å². The van der Waals surface area contributed by atoms with Crippen LogP contribution in [0, 0.1) is 6.92 Å². The molecular formula is C21H30N2O5. The highest BCUT2D eigenvalue weighted by molar-refractivity contribution is 5.86. The minimum absolute atomic E-state index is 0.144. The summed E-state index contributed by atoms with van der Waals surface area (Å²) in [7, 11) is 4.59. The second-order valence-electron chi connectivity index (χ2n) is 6.84. The second kappa shape index (κ2) is 10.7. The van der Waals surface area contributed by atoms with Crippen LogP contribution in [-0.2, 0) is 16.0 Å². The molecule has 1 N–H and O–H groups in total. The molecule has 0 saturated carbocycles. The van der Waals surface area contributed by atoms with Crippen molar-refractivity contribution in [2.75, 3.05) is 21.3 Å². The number of hydrogen-bond acceptors (Lipinski definition) is 6. The molecule has 0 unspecified atom stereocenters. The monoisotopic (exact) mass is 390 g/mol. The molecule has 28 heavy (non-hydrogen) atoms. The molecule has 0 fully saturated rings. The molecule has 0 aliphatic heterocycles. The molecule has 2 rings (SSSR count). The van der Waals surface area contributed by atoms with Gasteiger partial charge in [-0.2, -0.15) is 0 Å². The van der Waals surface area contributed by atoms with Gasteiger partial charge in [0.1, 0.15) is 5.82 Å². The van der Waals surface area contributed by atoms with E-state index in [1.165, 1.54) is 7.11 Å². The van der Waals surface area contributed by atoms with E-state index in [2.05, 4.69) is 14.7 Å². The van der Waals surface area contributed by atoms with Gasteiger partial charge in [0.15, 0.2) is 11.5 Å². The number of ether oxygens (including phenoxy) is 3. The molecule has 1 aromatic carbocycles. The summed E-state index contributed by atoms with van der Waals surface area (Å²) in [5.41, 5.74) is 1.42. The molecule has 0 radical (unpaired) electrons. The Bertz CT molecular complexity index is 860. The zero-order valence-electron chi connectivity index (χ0n) is 17.2. The van der Waals surface area contributed by atoms with Crippen LogP contribution in [0.25, 0.3) is 10.9 Å². The summed E-state index contributed by atoms with van der Waals surface area (Å²) in [6, 6.07) is 1.68. The van der Waals surface area contributed by atoms with E-state index in [0.717, 1.165) is 50.5 Å². The van der Waals surface area contributed by atoms with Crippen LogP contribution in [0.1, 0.15) is 56.3 Å². The number of nitrogens with zero attached hydrogens (tertiary/aromatic N) is 1. The van der Waals surface area contributed by atoms with Gasteiger partial charge in [0, 0.05) is 12.0 Å². The molecule has 0 aliphatic carbocycles. The largest absolute Gasteiger partial charge is 0.493 e. The van der Waals surface area contributed by atoms with Crippen LogP contribution in [0.4, 0.5) is 0 Å². The molecular weight excluding hydrogens is 360 g/mol. The van der Waals surface area contributed by atoms with E-state index in [9.17, 15) is 9.59 Å². The lowest BCUT2D eigenvalue weighted by Gasteiger charge is -2.15. The molecule has 7 nitrogen and oxygen atoms in total. The fourth-order valence-electron chi connectivity index (χ4n) is 3.40. The predicted molar refractivity (Wildman–Crippen MR) is 108 cm³/mol. The number of H-pyrrole nitrogens is 1. The van der Waals surface area contributed by atoms with Gasteiger partial charge < -0.3 is 19.2 Å². The number of nitrogens with one attached hydrogen (secondary N) is 1. The van der Waals surface area contributed by atoms with Gasteiger partial charge in [0.05, 0.1) is 32.2 Å². The molecule has 0 amide bonds. The Kier molecular flexibility index (Phi) is 8.29. The van der Waals surface area contributed by atoms with Crippen LogP contribution >= 0.6 is 0 Å². The summed E-state index contributed by atoms with van der Waals surface area (Å²) in [4.78, 5) is 30.7. The summed E-state index contributed by atoms with van der Waals surface area (Å²) < 4.78 is 15.7. The minimum atomic E-state index is -0.171. The Hall–Kier alpha value is -2.57. The average Bonchev–Trinajstić information content (AvgIpc) is 2.69. The highest BCUT2D eigenvalue weighted by Crippen LogP contribution is 2.36. The van der Waals surface area contributed by atoms with Crippen molar-refractivity contribution in [3.8, 4) is 11.5 Å². The van der Waals surface area contributed by atoms with Crippen molar-refractivity contribution in [1.29, 1.82) is 0 Å². The fraction of sp³-hybridized carbons (Fsp3) is 0.571. The van der Waals surface area contributed by atoms with E-state index in [4.69, 9.17) is 9.47 Å². The van der Waals surface area contributed by atoms with Gasteiger partial charge in [0.2, 0.25) is 0 Å². The number of rotatable bonds is 11. The molecule has 0 spiro atoms. The van der Waals surface area contributed by atoms with E-state index >= 15 is 0 Å². The first-order valence-electron chi connectivity index (χ1n) is 9.73. The van der Waals surface area contributed by atoms with Crippen molar-refractivity contribution >= 4 is 16.9 Å². The van der Waals surface area contributed by atoms with E-state index < -0.39 is 0 Å². The van der Waals surface area contributed by atoms with Gasteiger partial charge in [-0.25, -0.2) is 4.98 Å². The Morgan fingerprint density at radius 3 is 2.36 bits per heavy atom. The van der Waals surface area contributed by atoms with Gasteiger partial charge in [-0.05, 0) is 32.3 Å². The van der Waals surface area contributed by atoms with E-state index in [-0.39, 0.29) is 11.5 Å². The average molecular weight is 390 g/mol. The molecule has 0 saturated heterocycles. The lowest BCUT2D eigenvalue weighted by Crippen LogP contribution is -2.12. The third-order valence-corrected chi connectivity index (χ3v) is 4.84. The number of aromatic nitrogens is 2.